The van der Waals surface area contributed by atoms with Gasteiger partial charge in [-0.05, 0) is 60.7 Å². The second-order valence-electron chi connectivity index (χ2n) is 9.12. The minimum absolute atomic E-state index is 0.0817. The first-order valence-corrected chi connectivity index (χ1v) is 11.5. The van der Waals surface area contributed by atoms with Gasteiger partial charge in [-0.3, -0.25) is 9.59 Å². The van der Waals surface area contributed by atoms with Gasteiger partial charge >= 0.3 is 5.97 Å². The van der Waals surface area contributed by atoms with E-state index in [-0.39, 0.29) is 30.6 Å². The van der Waals surface area contributed by atoms with Gasteiger partial charge in [0.05, 0.1) is 6.04 Å². The Morgan fingerprint density at radius 3 is 2.26 bits per heavy atom. The van der Waals surface area contributed by atoms with Crippen LogP contribution in [-0.2, 0) is 15.0 Å². The van der Waals surface area contributed by atoms with E-state index < -0.39 is 23.0 Å². The number of hydrogen-bond acceptors (Lipinski definition) is 2. The number of benzene rings is 3. The fourth-order valence-corrected chi connectivity index (χ4v) is 4.95. The van der Waals surface area contributed by atoms with Gasteiger partial charge in [0.15, 0.2) is 0 Å². The third-order valence-electron chi connectivity index (χ3n) is 7.02. The van der Waals surface area contributed by atoms with Crippen LogP contribution in [0, 0.1) is 17.5 Å². The van der Waals surface area contributed by atoms with E-state index in [1.807, 2.05) is 19.1 Å². The Balaban J connectivity index is 1.53. The molecule has 3 aromatic carbocycles. The van der Waals surface area contributed by atoms with E-state index in [1.54, 1.807) is 29.2 Å². The molecule has 0 spiro atoms. The maximum absolute atomic E-state index is 14.1. The van der Waals surface area contributed by atoms with Gasteiger partial charge in [-0.15, -0.1) is 0 Å². The maximum Gasteiger partial charge on any atom is 0.303 e. The van der Waals surface area contributed by atoms with E-state index >= 15 is 0 Å². The molecule has 0 radical (unpaired) electrons. The molecular formula is C28H26F3NO3. The molecule has 35 heavy (non-hydrogen) atoms. The van der Waals surface area contributed by atoms with E-state index in [2.05, 4.69) is 0 Å². The van der Waals surface area contributed by atoms with Crippen LogP contribution in [0.3, 0.4) is 0 Å². The van der Waals surface area contributed by atoms with Crippen molar-refractivity contribution in [3.05, 3.63) is 95.3 Å². The molecule has 0 aromatic heterocycles. The predicted octanol–water partition coefficient (Wildman–Crippen LogP) is 6.26. The molecule has 4 nitrogen and oxygen atoms in total. The third kappa shape index (κ3) is 5.24. The summed E-state index contributed by atoms with van der Waals surface area (Å²) >= 11 is 0. The SMILES string of the molecule is C[C@@H](c1ccc(-c2ccc(F)cc2F)cc1)N1CC[C@](CCC(=O)O)(c2ccc(F)cc2)CC1=O. The molecule has 4 rings (SSSR count). The number of amides is 1. The highest BCUT2D eigenvalue weighted by Gasteiger charge is 2.41. The summed E-state index contributed by atoms with van der Waals surface area (Å²) in [6, 6.07) is 16.3. The number of hydrogen-bond donors (Lipinski definition) is 1. The van der Waals surface area contributed by atoms with Gasteiger partial charge in [0.2, 0.25) is 5.91 Å². The van der Waals surface area contributed by atoms with E-state index in [0.717, 1.165) is 17.2 Å². The van der Waals surface area contributed by atoms with Crippen LogP contribution in [0.15, 0.2) is 66.7 Å². The molecule has 1 aliphatic rings. The molecule has 0 saturated carbocycles. The highest BCUT2D eigenvalue weighted by Crippen LogP contribution is 2.42. The molecule has 3 aromatic rings. The molecule has 1 saturated heterocycles. The number of likely N-dealkylation sites (tertiary alicyclic amines) is 1. The fraction of sp³-hybridized carbons (Fsp3) is 0.286. The summed E-state index contributed by atoms with van der Waals surface area (Å²) in [6.45, 7) is 2.33. The number of rotatable bonds is 7. The van der Waals surface area contributed by atoms with Crippen molar-refractivity contribution < 1.29 is 27.9 Å². The first-order valence-electron chi connectivity index (χ1n) is 11.5. The zero-order chi connectivity index (χ0) is 25.2. The van der Waals surface area contributed by atoms with Crippen LogP contribution < -0.4 is 0 Å². The van der Waals surface area contributed by atoms with Crippen LogP contribution in [0.5, 0.6) is 0 Å². The fourth-order valence-electron chi connectivity index (χ4n) is 4.95. The van der Waals surface area contributed by atoms with E-state index in [9.17, 15) is 27.9 Å². The number of carboxylic acids is 1. The lowest BCUT2D eigenvalue weighted by Crippen LogP contribution is -2.47. The van der Waals surface area contributed by atoms with Crippen molar-refractivity contribution in [1.82, 2.24) is 4.90 Å². The van der Waals surface area contributed by atoms with Gasteiger partial charge in [-0.1, -0.05) is 36.4 Å². The van der Waals surface area contributed by atoms with Crippen molar-refractivity contribution in [3.63, 3.8) is 0 Å². The lowest BCUT2D eigenvalue weighted by Gasteiger charge is -2.44. The number of piperidine rings is 1. The van der Waals surface area contributed by atoms with E-state index in [1.165, 1.54) is 24.3 Å². The molecule has 1 heterocycles. The Labute approximate surface area is 202 Å². The van der Waals surface area contributed by atoms with Crippen molar-refractivity contribution in [2.45, 2.75) is 44.1 Å². The smallest absolute Gasteiger partial charge is 0.303 e. The van der Waals surface area contributed by atoms with Crippen molar-refractivity contribution in [3.8, 4) is 11.1 Å². The van der Waals surface area contributed by atoms with Gasteiger partial charge in [0, 0.05) is 36.4 Å². The van der Waals surface area contributed by atoms with Crippen LogP contribution in [0.2, 0.25) is 0 Å². The Hall–Kier alpha value is -3.61. The van der Waals surface area contributed by atoms with Gasteiger partial charge in [-0.2, -0.15) is 0 Å². The summed E-state index contributed by atoms with van der Waals surface area (Å²) in [4.78, 5) is 26.3. The molecule has 0 aliphatic carbocycles. The Bertz CT molecular complexity index is 1230. The molecule has 1 N–H and O–H groups in total. The van der Waals surface area contributed by atoms with Crippen LogP contribution in [0.4, 0.5) is 13.2 Å². The van der Waals surface area contributed by atoms with E-state index in [4.69, 9.17) is 0 Å². The quantitative estimate of drug-likeness (QED) is 0.434. The summed E-state index contributed by atoms with van der Waals surface area (Å²) in [6.07, 6.45) is 0.900. The first-order chi connectivity index (χ1) is 16.7. The summed E-state index contributed by atoms with van der Waals surface area (Å²) in [5, 5.41) is 9.24. The zero-order valence-corrected chi connectivity index (χ0v) is 19.3. The van der Waals surface area contributed by atoms with Gasteiger partial charge in [0.1, 0.15) is 17.5 Å². The van der Waals surface area contributed by atoms with Crippen molar-refractivity contribution in [1.29, 1.82) is 0 Å². The monoisotopic (exact) mass is 481 g/mol. The summed E-state index contributed by atoms with van der Waals surface area (Å²) < 4.78 is 40.9. The van der Waals surface area contributed by atoms with Crippen LogP contribution in [0.1, 0.15) is 49.8 Å². The zero-order valence-electron chi connectivity index (χ0n) is 19.3. The minimum Gasteiger partial charge on any atom is -0.481 e. The van der Waals surface area contributed by atoms with Crippen molar-refractivity contribution in [2.75, 3.05) is 6.54 Å². The average molecular weight is 482 g/mol. The molecule has 0 bridgehead atoms. The van der Waals surface area contributed by atoms with Crippen LogP contribution in [0.25, 0.3) is 11.1 Å². The minimum atomic E-state index is -0.938. The standard InChI is InChI=1S/C28H26F3NO3/c1-18(19-2-4-20(5-3-19)24-11-10-23(30)16-25(24)31)32-15-14-28(17-26(32)33,13-12-27(34)35)21-6-8-22(29)9-7-21/h2-11,16,18H,12-15,17H2,1H3,(H,34,35)/t18-,28-/m0/s1. The van der Waals surface area contributed by atoms with Gasteiger partial charge in [0.25, 0.3) is 0 Å². The summed E-state index contributed by atoms with van der Waals surface area (Å²) in [7, 11) is 0. The van der Waals surface area contributed by atoms with Crippen LogP contribution in [-0.4, -0.2) is 28.4 Å². The lowest BCUT2D eigenvalue weighted by atomic mass is 9.69. The molecule has 7 heteroatoms. The van der Waals surface area contributed by atoms with Crippen molar-refractivity contribution in [2.24, 2.45) is 0 Å². The summed E-state index contributed by atoms with van der Waals surface area (Å²) in [5.41, 5.74) is 1.87. The lowest BCUT2D eigenvalue weighted by molar-refractivity contribution is -0.141. The molecule has 2 atom stereocenters. The Kier molecular flexibility index (Phi) is 6.96. The normalized spacial score (nSPS) is 19.0. The molecule has 1 amide bonds. The highest BCUT2D eigenvalue weighted by molar-refractivity contribution is 5.80. The number of nitrogens with zero attached hydrogens (tertiary/aromatic N) is 1. The Morgan fingerprint density at radius 1 is 1.00 bits per heavy atom. The number of carboxylic acid groups (broad SMARTS) is 1. The van der Waals surface area contributed by atoms with Crippen LogP contribution >= 0.6 is 0 Å². The predicted molar refractivity (Wildman–Crippen MR) is 126 cm³/mol. The largest absolute Gasteiger partial charge is 0.481 e. The number of aliphatic carboxylic acids is 1. The topological polar surface area (TPSA) is 57.6 Å². The van der Waals surface area contributed by atoms with E-state index in [0.29, 0.717) is 30.5 Å². The molecule has 1 fully saturated rings. The second-order valence-corrected chi connectivity index (χ2v) is 9.12. The van der Waals surface area contributed by atoms with Crippen molar-refractivity contribution >= 4 is 11.9 Å². The first kappa shape index (κ1) is 24.5. The van der Waals surface area contributed by atoms with Gasteiger partial charge < -0.3 is 10.0 Å². The Morgan fingerprint density at radius 2 is 1.66 bits per heavy atom. The molecule has 1 aliphatic heterocycles. The number of carbonyl (C=O) groups excluding carboxylic acids is 1. The number of halogens is 3. The highest BCUT2D eigenvalue weighted by atomic mass is 19.1. The average Bonchev–Trinajstić information content (AvgIpc) is 2.83. The molecule has 182 valence electrons. The number of carbonyl (C=O) groups is 2. The van der Waals surface area contributed by atoms with Gasteiger partial charge in [-0.25, -0.2) is 13.2 Å². The third-order valence-corrected chi connectivity index (χ3v) is 7.02. The second kappa shape index (κ2) is 9.94. The maximum atomic E-state index is 14.1. The molecule has 0 unspecified atom stereocenters. The summed E-state index contributed by atoms with van der Waals surface area (Å²) in [5.74, 6) is -2.71. The molecular weight excluding hydrogens is 455 g/mol.